The van der Waals surface area contributed by atoms with Crippen LogP contribution in [0.1, 0.15) is 22.8 Å². The molecule has 138 valence electrons. The van der Waals surface area contributed by atoms with Gasteiger partial charge in [-0.15, -0.1) is 11.3 Å². The number of halogens is 1. The average molecular weight is 383 g/mol. The molecule has 0 amide bonds. The van der Waals surface area contributed by atoms with E-state index in [1.165, 1.54) is 30.6 Å². The highest BCUT2D eigenvalue weighted by Crippen LogP contribution is 2.20. The van der Waals surface area contributed by atoms with Gasteiger partial charge >= 0.3 is 5.97 Å². The van der Waals surface area contributed by atoms with Crippen LogP contribution < -0.4 is 4.80 Å². The lowest BCUT2D eigenvalue weighted by molar-refractivity contribution is 0.0600. The Hall–Kier alpha value is -3.06. The number of hydrogen-bond acceptors (Lipinski definition) is 5. The molecule has 0 aliphatic rings. The van der Waals surface area contributed by atoms with Crippen molar-refractivity contribution in [1.29, 1.82) is 0 Å². The Kier molecular flexibility index (Phi) is 5.93. The third-order valence-electron chi connectivity index (χ3n) is 3.77. The number of carbonyl (C=O) groups excluding carboxylic acids is 1. The second kappa shape index (κ2) is 8.55. The van der Waals surface area contributed by atoms with Crippen LogP contribution in [0.5, 0.6) is 0 Å². The van der Waals surface area contributed by atoms with Gasteiger partial charge in [0.1, 0.15) is 5.82 Å². The highest BCUT2D eigenvalue weighted by molar-refractivity contribution is 7.07. The first-order chi connectivity index (χ1) is 13.1. The number of methoxy groups -OCH3 is 1. The van der Waals surface area contributed by atoms with Gasteiger partial charge in [-0.3, -0.25) is 4.99 Å². The molecule has 27 heavy (non-hydrogen) atoms. The Labute approximate surface area is 160 Å². The van der Waals surface area contributed by atoms with Crippen LogP contribution in [0.25, 0.3) is 11.3 Å². The molecule has 0 fully saturated rings. The number of hydrogen-bond donors (Lipinski definition) is 0. The van der Waals surface area contributed by atoms with Crippen LogP contribution in [0.3, 0.4) is 0 Å². The molecule has 7 heteroatoms. The zero-order valence-corrected chi connectivity index (χ0v) is 15.7. The summed E-state index contributed by atoms with van der Waals surface area (Å²) in [6, 6.07) is 13.2. The van der Waals surface area contributed by atoms with Gasteiger partial charge in [0.25, 0.3) is 0 Å². The highest BCUT2D eigenvalue weighted by Gasteiger charge is 2.08. The SMILES string of the molecule is CCN=c1scc(-c2ccc(F)cc2)n1/N=C\c1ccc(C(=O)OC)cc1. The number of thiazole rings is 1. The van der Waals surface area contributed by atoms with Gasteiger partial charge in [-0.1, -0.05) is 12.1 Å². The largest absolute Gasteiger partial charge is 0.465 e. The maximum Gasteiger partial charge on any atom is 0.337 e. The predicted molar refractivity (Wildman–Crippen MR) is 105 cm³/mol. The van der Waals surface area contributed by atoms with Crippen molar-refractivity contribution in [3.63, 3.8) is 0 Å². The Balaban J connectivity index is 1.96. The predicted octanol–water partition coefficient (Wildman–Crippen LogP) is 3.95. The minimum Gasteiger partial charge on any atom is -0.465 e. The van der Waals surface area contributed by atoms with Crippen molar-refractivity contribution in [3.8, 4) is 11.3 Å². The van der Waals surface area contributed by atoms with Gasteiger partial charge < -0.3 is 4.74 Å². The van der Waals surface area contributed by atoms with Crippen molar-refractivity contribution < 1.29 is 13.9 Å². The molecule has 5 nitrogen and oxygen atoms in total. The molecule has 0 N–H and O–H groups in total. The third-order valence-corrected chi connectivity index (χ3v) is 4.63. The minimum atomic E-state index is -0.381. The summed E-state index contributed by atoms with van der Waals surface area (Å²) in [5, 5.41) is 6.49. The first-order valence-corrected chi connectivity index (χ1v) is 9.20. The van der Waals surface area contributed by atoms with E-state index in [1.54, 1.807) is 47.3 Å². The Morgan fingerprint density at radius 1 is 1.19 bits per heavy atom. The van der Waals surface area contributed by atoms with Gasteiger partial charge in [-0.05, 0) is 48.9 Å². The third kappa shape index (κ3) is 4.38. The maximum absolute atomic E-state index is 13.2. The summed E-state index contributed by atoms with van der Waals surface area (Å²) in [6.45, 7) is 2.59. The summed E-state index contributed by atoms with van der Waals surface area (Å²) in [6.07, 6.45) is 1.69. The molecule has 0 aliphatic carbocycles. The topological polar surface area (TPSA) is 56.0 Å². The van der Waals surface area contributed by atoms with E-state index in [4.69, 9.17) is 4.74 Å². The number of rotatable bonds is 5. The van der Waals surface area contributed by atoms with E-state index in [1.807, 2.05) is 12.3 Å². The first kappa shape index (κ1) is 18.7. The van der Waals surface area contributed by atoms with Crippen LogP contribution in [0.4, 0.5) is 4.39 Å². The van der Waals surface area contributed by atoms with Crippen LogP contribution in [-0.4, -0.2) is 30.5 Å². The number of esters is 1. The second-order valence-electron chi connectivity index (χ2n) is 5.55. The van der Waals surface area contributed by atoms with Gasteiger partial charge in [0, 0.05) is 17.5 Å². The fourth-order valence-electron chi connectivity index (χ4n) is 2.42. The normalized spacial score (nSPS) is 11.9. The van der Waals surface area contributed by atoms with Crippen LogP contribution in [-0.2, 0) is 4.74 Å². The summed E-state index contributed by atoms with van der Waals surface area (Å²) in [5.74, 6) is -0.665. The molecule has 2 aromatic carbocycles. The zero-order chi connectivity index (χ0) is 19.2. The van der Waals surface area contributed by atoms with E-state index in [0.29, 0.717) is 12.1 Å². The molecule has 0 spiro atoms. The van der Waals surface area contributed by atoms with E-state index < -0.39 is 0 Å². The number of ether oxygens (including phenoxy) is 1. The molecule has 0 unspecified atom stereocenters. The summed E-state index contributed by atoms with van der Waals surface area (Å²) >= 11 is 1.47. The van der Waals surface area contributed by atoms with Crippen molar-refractivity contribution >= 4 is 23.5 Å². The molecule has 1 heterocycles. The number of benzene rings is 2. The lowest BCUT2D eigenvalue weighted by atomic mass is 10.1. The van der Waals surface area contributed by atoms with Crippen molar-refractivity contribution in [2.45, 2.75) is 6.92 Å². The van der Waals surface area contributed by atoms with Crippen molar-refractivity contribution in [1.82, 2.24) is 4.68 Å². The summed E-state index contributed by atoms with van der Waals surface area (Å²) in [4.78, 5) is 16.7. The lowest BCUT2D eigenvalue weighted by Crippen LogP contribution is -2.12. The summed E-state index contributed by atoms with van der Waals surface area (Å²) < 4.78 is 19.7. The average Bonchev–Trinajstić information content (AvgIpc) is 3.09. The van der Waals surface area contributed by atoms with Crippen molar-refractivity contribution in [2.24, 2.45) is 10.1 Å². The molecular formula is C20H18FN3O2S. The van der Waals surface area contributed by atoms with Gasteiger partial charge in [-0.2, -0.15) is 5.10 Å². The van der Waals surface area contributed by atoms with E-state index in [2.05, 4.69) is 10.1 Å². The van der Waals surface area contributed by atoms with Gasteiger partial charge in [0.05, 0.1) is 24.6 Å². The minimum absolute atomic E-state index is 0.284. The smallest absolute Gasteiger partial charge is 0.337 e. The van der Waals surface area contributed by atoms with Gasteiger partial charge in [-0.25, -0.2) is 13.9 Å². The summed E-state index contributed by atoms with van der Waals surface area (Å²) in [5.41, 5.74) is 2.98. The van der Waals surface area contributed by atoms with E-state index in [9.17, 15) is 9.18 Å². The quantitative estimate of drug-likeness (QED) is 0.495. The molecule has 0 saturated heterocycles. The second-order valence-corrected chi connectivity index (χ2v) is 6.39. The van der Waals surface area contributed by atoms with Crippen LogP contribution in [0.15, 0.2) is 64.0 Å². The van der Waals surface area contributed by atoms with Crippen LogP contribution in [0, 0.1) is 5.82 Å². The molecule has 0 atom stereocenters. The highest BCUT2D eigenvalue weighted by atomic mass is 32.1. The Morgan fingerprint density at radius 3 is 2.52 bits per heavy atom. The first-order valence-electron chi connectivity index (χ1n) is 8.32. The monoisotopic (exact) mass is 383 g/mol. The molecule has 0 aliphatic heterocycles. The van der Waals surface area contributed by atoms with Crippen molar-refractivity contribution in [2.75, 3.05) is 13.7 Å². The van der Waals surface area contributed by atoms with Gasteiger partial charge in [0.15, 0.2) is 0 Å². The van der Waals surface area contributed by atoms with E-state index in [0.717, 1.165) is 21.6 Å². The molecule has 1 aromatic heterocycles. The van der Waals surface area contributed by atoms with Crippen LogP contribution in [0.2, 0.25) is 0 Å². The Morgan fingerprint density at radius 2 is 1.89 bits per heavy atom. The van der Waals surface area contributed by atoms with Crippen LogP contribution >= 0.6 is 11.3 Å². The number of aromatic nitrogens is 1. The lowest BCUT2D eigenvalue weighted by Gasteiger charge is -2.04. The summed E-state index contributed by atoms with van der Waals surface area (Å²) in [7, 11) is 1.35. The molecule has 3 aromatic rings. The fraction of sp³-hybridized carbons (Fsp3) is 0.150. The molecule has 0 bridgehead atoms. The molecule has 0 saturated carbocycles. The molecule has 3 rings (SSSR count). The Bertz CT molecular complexity index is 1020. The number of nitrogens with zero attached hydrogens (tertiary/aromatic N) is 3. The maximum atomic E-state index is 13.2. The molecule has 0 radical (unpaired) electrons. The van der Waals surface area contributed by atoms with E-state index >= 15 is 0 Å². The zero-order valence-electron chi connectivity index (χ0n) is 14.9. The fourth-order valence-corrected chi connectivity index (χ4v) is 3.32. The van der Waals surface area contributed by atoms with Crippen molar-refractivity contribution in [3.05, 3.63) is 75.7 Å². The molecular weight excluding hydrogens is 365 g/mol. The number of carbonyl (C=O) groups is 1. The van der Waals surface area contributed by atoms with Gasteiger partial charge in [0.2, 0.25) is 4.80 Å². The van der Waals surface area contributed by atoms with E-state index in [-0.39, 0.29) is 11.8 Å². The standard InChI is InChI=1S/C20H18FN3O2S/c1-3-22-20-24(18(13-27-20)15-8-10-17(21)11-9-15)23-12-14-4-6-16(7-5-14)19(25)26-2/h4-13H,3H2,1-2H3/b22-20?,23-12-.